The zero-order chi connectivity index (χ0) is 22.4. The Bertz CT molecular complexity index is 1110. The third kappa shape index (κ3) is 5.91. The number of halogens is 1. The predicted molar refractivity (Wildman–Crippen MR) is 128 cm³/mol. The van der Waals surface area contributed by atoms with Gasteiger partial charge in [0.15, 0.2) is 0 Å². The second kappa shape index (κ2) is 10.8. The summed E-state index contributed by atoms with van der Waals surface area (Å²) in [6.45, 7) is 1.74. The third-order valence-electron chi connectivity index (χ3n) is 5.34. The minimum atomic E-state index is -3.79. The van der Waals surface area contributed by atoms with Crippen LogP contribution in [0.2, 0.25) is 5.02 Å². The average Bonchev–Trinajstić information content (AvgIpc) is 3.48. The standard InChI is InChI=1S/C24H26ClNO4S2/c25-23-10-1-2-11-24(23)32(27,28)26(18-21-8-4-13-29-21)17-19-6-3-7-20(16-19)30-14-12-22-9-5-15-31-22/h1-3,5-7,9-11,15-16,21H,4,8,12-14,17-18H2. The molecule has 0 aliphatic carbocycles. The Morgan fingerprint density at radius 1 is 1.12 bits per heavy atom. The first-order valence-electron chi connectivity index (χ1n) is 10.6. The first kappa shape index (κ1) is 23.3. The molecule has 1 unspecified atom stereocenters. The molecule has 0 saturated carbocycles. The van der Waals surface area contributed by atoms with Crippen LogP contribution in [0.4, 0.5) is 0 Å². The fourth-order valence-electron chi connectivity index (χ4n) is 3.72. The molecule has 0 spiro atoms. The van der Waals surface area contributed by atoms with E-state index in [2.05, 4.69) is 11.4 Å². The van der Waals surface area contributed by atoms with Crippen LogP contribution in [0.5, 0.6) is 5.75 Å². The Morgan fingerprint density at radius 2 is 2.00 bits per heavy atom. The van der Waals surface area contributed by atoms with Crippen molar-refractivity contribution in [1.29, 1.82) is 0 Å². The minimum absolute atomic E-state index is 0.113. The Morgan fingerprint density at radius 3 is 2.75 bits per heavy atom. The van der Waals surface area contributed by atoms with Gasteiger partial charge in [0.1, 0.15) is 10.6 Å². The molecule has 0 bridgehead atoms. The molecular formula is C24H26ClNO4S2. The predicted octanol–water partition coefficient (Wildman–Crippen LogP) is 5.39. The van der Waals surface area contributed by atoms with Crippen LogP contribution in [0.1, 0.15) is 23.3 Å². The average molecular weight is 492 g/mol. The highest BCUT2D eigenvalue weighted by Gasteiger charge is 2.30. The van der Waals surface area contributed by atoms with E-state index in [0.29, 0.717) is 13.2 Å². The number of nitrogens with zero attached hydrogens (tertiary/aromatic N) is 1. The normalized spacial score (nSPS) is 16.5. The van der Waals surface area contributed by atoms with Crippen LogP contribution in [0.3, 0.4) is 0 Å². The lowest BCUT2D eigenvalue weighted by Gasteiger charge is -2.25. The van der Waals surface area contributed by atoms with Crippen molar-refractivity contribution >= 4 is 33.0 Å². The van der Waals surface area contributed by atoms with E-state index in [1.165, 1.54) is 9.18 Å². The second-order valence-electron chi connectivity index (χ2n) is 7.69. The lowest BCUT2D eigenvalue weighted by Crippen LogP contribution is -2.37. The highest BCUT2D eigenvalue weighted by Crippen LogP contribution is 2.28. The van der Waals surface area contributed by atoms with Gasteiger partial charge in [-0.25, -0.2) is 8.42 Å². The maximum Gasteiger partial charge on any atom is 0.244 e. The molecule has 1 aromatic heterocycles. The maximum atomic E-state index is 13.5. The first-order valence-corrected chi connectivity index (χ1v) is 13.3. The number of benzene rings is 2. The van der Waals surface area contributed by atoms with Crippen LogP contribution in [0.25, 0.3) is 0 Å². The monoisotopic (exact) mass is 491 g/mol. The van der Waals surface area contributed by atoms with E-state index >= 15 is 0 Å². The summed E-state index contributed by atoms with van der Waals surface area (Å²) in [6.07, 6.45) is 2.52. The molecule has 0 radical (unpaired) electrons. The number of rotatable bonds is 10. The molecule has 3 aromatic rings. The van der Waals surface area contributed by atoms with E-state index in [0.717, 1.165) is 30.6 Å². The Balaban J connectivity index is 1.51. The molecule has 170 valence electrons. The van der Waals surface area contributed by atoms with Gasteiger partial charge in [-0.1, -0.05) is 41.9 Å². The van der Waals surface area contributed by atoms with Gasteiger partial charge in [-0.05, 0) is 54.1 Å². The van der Waals surface area contributed by atoms with Gasteiger partial charge < -0.3 is 9.47 Å². The lowest BCUT2D eigenvalue weighted by atomic mass is 10.2. The molecule has 1 saturated heterocycles. The van der Waals surface area contributed by atoms with Gasteiger partial charge in [0.2, 0.25) is 10.0 Å². The molecule has 8 heteroatoms. The van der Waals surface area contributed by atoms with Crippen molar-refractivity contribution in [2.24, 2.45) is 0 Å². The summed E-state index contributed by atoms with van der Waals surface area (Å²) in [4.78, 5) is 1.39. The summed E-state index contributed by atoms with van der Waals surface area (Å²) in [5.74, 6) is 0.728. The Hall–Kier alpha value is -1.90. The first-order chi connectivity index (χ1) is 15.5. The molecule has 32 heavy (non-hydrogen) atoms. The van der Waals surface area contributed by atoms with Crippen molar-refractivity contribution in [3.8, 4) is 5.75 Å². The highest BCUT2D eigenvalue weighted by molar-refractivity contribution is 7.89. The van der Waals surface area contributed by atoms with Crippen molar-refractivity contribution in [1.82, 2.24) is 4.31 Å². The van der Waals surface area contributed by atoms with Crippen LogP contribution in [-0.2, 0) is 27.7 Å². The zero-order valence-electron chi connectivity index (χ0n) is 17.7. The molecule has 0 N–H and O–H groups in total. The molecule has 1 aliphatic heterocycles. The van der Waals surface area contributed by atoms with Gasteiger partial charge in [-0.2, -0.15) is 4.31 Å². The van der Waals surface area contributed by atoms with E-state index in [-0.39, 0.29) is 29.1 Å². The fourth-order valence-corrected chi connectivity index (χ4v) is 6.36. The van der Waals surface area contributed by atoms with Crippen molar-refractivity contribution in [3.05, 3.63) is 81.5 Å². The molecule has 2 heterocycles. The van der Waals surface area contributed by atoms with E-state index in [1.807, 2.05) is 30.3 Å². The van der Waals surface area contributed by atoms with Gasteiger partial charge in [0.25, 0.3) is 0 Å². The third-order valence-corrected chi connectivity index (χ3v) is 8.59. The van der Waals surface area contributed by atoms with Crippen LogP contribution < -0.4 is 4.74 Å². The topological polar surface area (TPSA) is 55.8 Å². The molecule has 1 atom stereocenters. The van der Waals surface area contributed by atoms with Crippen molar-refractivity contribution in [3.63, 3.8) is 0 Å². The van der Waals surface area contributed by atoms with Crippen LogP contribution >= 0.6 is 22.9 Å². The molecule has 2 aromatic carbocycles. The van der Waals surface area contributed by atoms with Gasteiger partial charge in [0.05, 0.1) is 17.7 Å². The summed E-state index contributed by atoms with van der Waals surface area (Å²) < 4.78 is 40.1. The van der Waals surface area contributed by atoms with Crippen LogP contribution in [-0.4, -0.2) is 38.6 Å². The van der Waals surface area contributed by atoms with E-state index in [4.69, 9.17) is 21.1 Å². The Labute approximate surface area is 198 Å². The molecule has 0 amide bonds. The Kier molecular flexibility index (Phi) is 7.86. The van der Waals surface area contributed by atoms with Gasteiger partial charge in [0, 0.05) is 31.0 Å². The molecule has 5 nitrogen and oxygen atoms in total. The molecule has 1 fully saturated rings. The maximum absolute atomic E-state index is 13.5. The van der Waals surface area contributed by atoms with E-state index < -0.39 is 10.0 Å². The summed E-state index contributed by atoms with van der Waals surface area (Å²) in [6, 6.07) is 18.3. The zero-order valence-corrected chi connectivity index (χ0v) is 20.0. The van der Waals surface area contributed by atoms with Crippen LogP contribution in [0, 0.1) is 0 Å². The molecule has 1 aliphatic rings. The van der Waals surface area contributed by atoms with Crippen molar-refractivity contribution in [2.45, 2.75) is 36.8 Å². The number of thiophene rings is 1. The number of sulfonamides is 1. The van der Waals surface area contributed by atoms with Crippen LogP contribution in [0.15, 0.2) is 70.9 Å². The van der Waals surface area contributed by atoms with Gasteiger partial charge in [-0.15, -0.1) is 11.3 Å². The molecule has 4 rings (SSSR count). The second-order valence-corrected chi connectivity index (χ2v) is 11.0. The van der Waals surface area contributed by atoms with Gasteiger partial charge in [-0.3, -0.25) is 0 Å². The van der Waals surface area contributed by atoms with E-state index in [1.54, 1.807) is 35.6 Å². The SMILES string of the molecule is O=S(=O)(c1ccccc1Cl)N(Cc1cccc(OCCc2cccs2)c1)CC1CCCO1. The summed E-state index contributed by atoms with van der Waals surface area (Å²) in [5.41, 5.74) is 0.854. The number of hydrogen-bond acceptors (Lipinski definition) is 5. The smallest absolute Gasteiger partial charge is 0.244 e. The quantitative estimate of drug-likeness (QED) is 0.381. The fraction of sp³-hybridized carbons (Fsp3) is 0.333. The number of hydrogen-bond donors (Lipinski definition) is 0. The minimum Gasteiger partial charge on any atom is -0.493 e. The van der Waals surface area contributed by atoms with E-state index in [9.17, 15) is 8.42 Å². The van der Waals surface area contributed by atoms with Crippen molar-refractivity contribution in [2.75, 3.05) is 19.8 Å². The van der Waals surface area contributed by atoms with Crippen molar-refractivity contribution < 1.29 is 17.9 Å². The largest absolute Gasteiger partial charge is 0.493 e. The summed E-state index contributed by atoms with van der Waals surface area (Å²) >= 11 is 7.95. The molecular weight excluding hydrogens is 466 g/mol. The lowest BCUT2D eigenvalue weighted by molar-refractivity contribution is 0.0926. The summed E-state index contributed by atoms with van der Waals surface area (Å²) in [5, 5.41) is 2.27. The highest BCUT2D eigenvalue weighted by atomic mass is 35.5. The summed E-state index contributed by atoms with van der Waals surface area (Å²) in [7, 11) is -3.79. The van der Waals surface area contributed by atoms with Gasteiger partial charge >= 0.3 is 0 Å². The number of ether oxygens (including phenoxy) is 2.